The fourth-order valence-electron chi connectivity index (χ4n) is 6.38. The maximum absolute atomic E-state index is 13.1. The number of methoxy groups -OCH3 is 1. The predicted molar refractivity (Wildman–Crippen MR) is 197 cm³/mol. The van der Waals surface area contributed by atoms with E-state index in [2.05, 4.69) is 20.9 Å². The summed E-state index contributed by atoms with van der Waals surface area (Å²) in [4.78, 5) is 57.9. The number of hydrogen-bond acceptors (Lipinski definition) is 8. The van der Waals surface area contributed by atoms with Crippen LogP contribution in [0.15, 0.2) is 65.9 Å². The van der Waals surface area contributed by atoms with Crippen molar-refractivity contribution in [2.75, 3.05) is 44.0 Å². The van der Waals surface area contributed by atoms with Crippen LogP contribution in [0.4, 0.5) is 17.1 Å². The SMILES string of the molecule is COc1cc2c(cc1OCCCC(=O)Nc1cc(C(=O)Nc3ccc(-c4cc(C(=O)NCCCO)n(C)c4)cc3)n(C)c1)N=CC1CCCN1C2=O. The number of aliphatic hydroxyl groups is 1. The third-order valence-electron chi connectivity index (χ3n) is 9.12. The average Bonchev–Trinajstić information content (AvgIpc) is 3.85. The van der Waals surface area contributed by atoms with E-state index in [-0.39, 0.29) is 49.3 Å². The van der Waals surface area contributed by atoms with Gasteiger partial charge in [0.2, 0.25) is 5.91 Å². The zero-order valence-corrected chi connectivity index (χ0v) is 29.5. The molecular weight excluding hydrogens is 666 g/mol. The molecule has 0 radical (unpaired) electrons. The number of carbonyl (C=O) groups is 4. The summed E-state index contributed by atoms with van der Waals surface area (Å²) < 4.78 is 14.8. The van der Waals surface area contributed by atoms with Gasteiger partial charge in [0.25, 0.3) is 17.7 Å². The Morgan fingerprint density at radius 3 is 2.44 bits per heavy atom. The monoisotopic (exact) mass is 709 g/mol. The summed E-state index contributed by atoms with van der Waals surface area (Å²) in [5.74, 6) is 0.0296. The van der Waals surface area contributed by atoms with Gasteiger partial charge in [0.15, 0.2) is 11.5 Å². The van der Waals surface area contributed by atoms with Gasteiger partial charge in [-0.3, -0.25) is 24.2 Å². The lowest BCUT2D eigenvalue weighted by Gasteiger charge is -2.20. The van der Waals surface area contributed by atoms with E-state index < -0.39 is 0 Å². The number of rotatable bonds is 14. The number of aliphatic hydroxyl groups excluding tert-OH is 1. The molecular formula is C38H43N7O7. The number of benzene rings is 2. The van der Waals surface area contributed by atoms with Gasteiger partial charge in [-0.25, -0.2) is 0 Å². The number of ether oxygens (including phenoxy) is 2. The smallest absolute Gasteiger partial charge is 0.272 e. The molecule has 2 aliphatic rings. The van der Waals surface area contributed by atoms with Gasteiger partial charge in [0.05, 0.1) is 36.7 Å². The molecule has 4 aromatic rings. The molecule has 2 aliphatic heterocycles. The molecule has 0 spiro atoms. The topological polar surface area (TPSA) is 169 Å². The van der Waals surface area contributed by atoms with Crippen molar-refractivity contribution in [2.45, 2.75) is 38.1 Å². The van der Waals surface area contributed by atoms with E-state index in [9.17, 15) is 19.2 Å². The zero-order chi connectivity index (χ0) is 36.8. The first-order chi connectivity index (χ1) is 25.1. The van der Waals surface area contributed by atoms with Gasteiger partial charge in [-0.15, -0.1) is 0 Å². The van der Waals surface area contributed by atoms with Crippen LogP contribution < -0.4 is 25.4 Å². The lowest BCUT2D eigenvalue weighted by Crippen LogP contribution is -2.35. The largest absolute Gasteiger partial charge is 0.493 e. The molecule has 1 saturated heterocycles. The van der Waals surface area contributed by atoms with Crippen molar-refractivity contribution in [2.24, 2.45) is 19.1 Å². The second kappa shape index (κ2) is 16.0. The Hall–Kier alpha value is -5.89. The second-order valence-corrected chi connectivity index (χ2v) is 12.8. The average molecular weight is 710 g/mol. The Labute approximate surface area is 301 Å². The van der Waals surface area contributed by atoms with E-state index in [1.165, 1.54) is 7.11 Å². The third kappa shape index (κ3) is 8.02. The van der Waals surface area contributed by atoms with Crippen LogP contribution in [0, 0.1) is 0 Å². The normalized spacial score (nSPS) is 14.7. The minimum atomic E-state index is -0.341. The molecule has 4 heterocycles. The molecule has 1 unspecified atom stereocenters. The van der Waals surface area contributed by atoms with Crippen LogP contribution in [0.25, 0.3) is 11.1 Å². The fourth-order valence-corrected chi connectivity index (χ4v) is 6.38. The van der Waals surface area contributed by atoms with Crippen LogP contribution in [0.5, 0.6) is 11.5 Å². The highest BCUT2D eigenvalue weighted by Crippen LogP contribution is 2.38. The Balaban J connectivity index is 0.989. The number of hydrogen-bond donors (Lipinski definition) is 4. The van der Waals surface area contributed by atoms with Crippen LogP contribution in [0.1, 0.15) is 63.4 Å². The Bertz CT molecular complexity index is 2000. The number of nitrogens with one attached hydrogen (secondary N) is 3. The van der Waals surface area contributed by atoms with E-state index in [1.807, 2.05) is 29.4 Å². The van der Waals surface area contributed by atoms with Crippen LogP contribution >= 0.6 is 0 Å². The molecule has 2 aromatic heterocycles. The highest BCUT2D eigenvalue weighted by atomic mass is 16.5. The number of fused-ring (bicyclic) bond motifs is 2. The predicted octanol–water partition coefficient (Wildman–Crippen LogP) is 4.52. The number of aromatic nitrogens is 2. The molecule has 1 atom stereocenters. The van der Waals surface area contributed by atoms with Crippen molar-refractivity contribution in [3.8, 4) is 22.6 Å². The Morgan fingerprint density at radius 2 is 1.67 bits per heavy atom. The van der Waals surface area contributed by atoms with Gasteiger partial charge >= 0.3 is 0 Å². The summed E-state index contributed by atoms with van der Waals surface area (Å²) in [5.41, 5.74) is 4.68. The quantitative estimate of drug-likeness (QED) is 0.140. The third-order valence-corrected chi connectivity index (χ3v) is 9.12. The number of anilines is 2. The van der Waals surface area contributed by atoms with E-state index >= 15 is 0 Å². The highest BCUT2D eigenvalue weighted by molar-refractivity contribution is 6.05. The molecule has 4 N–H and O–H groups in total. The maximum atomic E-state index is 13.1. The summed E-state index contributed by atoms with van der Waals surface area (Å²) in [6, 6.07) is 14.1. The van der Waals surface area contributed by atoms with E-state index in [4.69, 9.17) is 14.6 Å². The summed E-state index contributed by atoms with van der Waals surface area (Å²) in [7, 11) is 5.04. The van der Waals surface area contributed by atoms with Gasteiger partial charge in [0.1, 0.15) is 11.4 Å². The van der Waals surface area contributed by atoms with Gasteiger partial charge in [-0.05, 0) is 61.6 Å². The minimum absolute atomic E-state index is 0.00394. The van der Waals surface area contributed by atoms with E-state index in [0.29, 0.717) is 71.4 Å². The lowest BCUT2D eigenvalue weighted by atomic mass is 10.1. The molecule has 1 fully saturated rings. The van der Waals surface area contributed by atoms with Crippen molar-refractivity contribution in [1.29, 1.82) is 0 Å². The first-order valence-electron chi connectivity index (χ1n) is 17.3. The molecule has 14 heteroatoms. The van der Waals surface area contributed by atoms with Crippen LogP contribution in [0.2, 0.25) is 0 Å². The number of aryl methyl sites for hydroxylation is 2. The molecule has 14 nitrogen and oxygen atoms in total. The summed E-state index contributed by atoms with van der Waals surface area (Å²) in [6.45, 7) is 1.35. The lowest BCUT2D eigenvalue weighted by molar-refractivity contribution is -0.116. The maximum Gasteiger partial charge on any atom is 0.272 e. The van der Waals surface area contributed by atoms with E-state index in [1.54, 1.807) is 65.8 Å². The van der Waals surface area contributed by atoms with Gasteiger partial charge in [0, 0.05) is 76.1 Å². The van der Waals surface area contributed by atoms with Gasteiger partial charge in [-0.2, -0.15) is 0 Å². The van der Waals surface area contributed by atoms with E-state index in [0.717, 1.165) is 24.0 Å². The molecule has 4 amide bonds. The minimum Gasteiger partial charge on any atom is -0.493 e. The first-order valence-corrected chi connectivity index (χ1v) is 17.3. The number of carbonyl (C=O) groups excluding carboxylic acids is 4. The first kappa shape index (κ1) is 35.9. The Morgan fingerprint density at radius 1 is 0.904 bits per heavy atom. The molecule has 2 aromatic carbocycles. The molecule has 0 bridgehead atoms. The second-order valence-electron chi connectivity index (χ2n) is 12.8. The molecule has 0 aliphatic carbocycles. The van der Waals surface area contributed by atoms with Gasteiger partial charge in [-0.1, -0.05) is 12.1 Å². The van der Waals surface area contributed by atoms with Crippen LogP contribution in [-0.2, 0) is 18.9 Å². The fraction of sp³-hybridized carbons (Fsp3) is 0.342. The summed E-state index contributed by atoms with van der Waals surface area (Å²) in [5, 5.41) is 17.5. The number of nitrogens with zero attached hydrogens (tertiary/aromatic N) is 4. The number of amides is 4. The van der Waals surface area contributed by atoms with Crippen molar-refractivity contribution in [1.82, 2.24) is 19.4 Å². The van der Waals surface area contributed by atoms with Crippen LogP contribution in [-0.4, -0.2) is 88.4 Å². The van der Waals surface area contributed by atoms with Crippen molar-refractivity contribution in [3.05, 3.63) is 77.9 Å². The molecule has 6 rings (SSSR count). The zero-order valence-electron chi connectivity index (χ0n) is 29.5. The van der Waals surface area contributed by atoms with Crippen molar-refractivity contribution >= 4 is 46.9 Å². The van der Waals surface area contributed by atoms with Crippen LogP contribution in [0.3, 0.4) is 0 Å². The Kier molecular flexibility index (Phi) is 11.0. The summed E-state index contributed by atoms with van der Waals surface area (Å²) >= 11 is 0. The molecule has 272 valence electrons. The molecule has 0 saturated carbocycles. The van der Waals surface area contributed by atoms with Gasteiger partial charge < -0.3 is 44.6 Å². The molecule has 52 heavy (non-hydrogen) atoms. The standard InChI is InChI=1S/C38H43N7O7/c1-43-22-25(17-31(43)36(48)39-13-6-15-46)24-9-11-26(12-10-24)42-37(49)32-18-27(23-44(32)2)41-35(47)8-5-16-52-34-20-30-29(19-33(34)51-3)38(50)45-14-4-7-28(45)21-40-30/h9-12,17-23,28,46H,4-8,13-16H2,1-3H3,(H,39,48)(H,41,47)(H,42,49). The van der Waals surface area contributed by atoms with Crippen molar-refractivity contribution < 1.29 is 33.8 Å². The summed E-state index contributed by atoms with van der Waals surface area (Å²) in [6.07, 6.45) is 8.29. The van der Waals surface area contributed by atoms with Crippen molar-refractivity contribution in [3.63, 3.8) is 0 Å². The highest BCUT2D eigenvalue weighted by Gasteiger charge is 2.32. The number of aliphatic imine (C=N–C) groups is 1.